The zero-order valence-electron chi connectivity index (χ0n) is 12.0. The lowest BCUT2D eigenvalue weighted by Crippen LogP contribution is -2.33. The Labute approximate surface area is 130 Å². The first kappa shape index (κ1) is 16.9. The van der Waals surface area contributed by atoms with Gasteiger partial charge in [0.1, 0.15) is 5.82 Å². The molecule has 0 aliphatic heterocycles. The number of hydrogen-bond donors (Lipinski definition) is 1. The van der Waals surface area contributed by atoms with Gasteiger partial charge >= 0.3 is 6.18 Å². The molecule has 0 saturated carbocycles. The molecule has 0 bridgehead atoms. The molecule has 0 fully saturated rings. The number of nitrogens with one attached hydrogen (secondary N) is 1. The molecule has 0 unspecified atom stereocenters. The number of alkyl halides is 3. The molecule has 1 amide bonds. The lowest BCUT2D eigenvalue weighted by molar-refractivity contribution is -0.142. The Morgan fingerprint density at radius 3 is 2.43 bits per heavy atom. The molecular weight excluding hydrogens is 312 g/mol. The van der Waals surface area contributed by atoms with Crippen LogP contribution in [0.5, 0.6) is 0 Å². The summed E-state index contributed by atoms with van der Waals surface area (Å²) in [6, 6.07) is 6.61. The summed E-state index contributed by atoms with van der Waals surface area (Å²) in [6.07, 6.45) is -2.76. The Balaban J connectivity index is 2.10. The fourth-order valence-corrected chi connectivity index (χ4v) is 2.11. The molecule has 2 rings (SSSR count). The number of nitrogens with zero attached hydrogens (tertiary/aromatic N) is 1. The molecule has 1 N–H and O–H groups in total. The van der Waals surface area contributed by atoms with Crippen molar-refractivity contribution in [2.75, 3.05) is 0 Å². The fourth-order valence-electron chi connectivity index (χ4n) is 2.11. The topological polar surface area (TPSA) is 42.0 Å². The summed E-state index contributed by atoms with van der Waals surface area (Å²) in [5.41, 5.74) is 0.790. The summed E-state index contributed by atoms with van der Waals surface area (Å²) < 4.78 is 51.1. The third-order valence-electron chi connectivity index (χ3n) is 3.13. The molecule has 3 nitrogen and oxygen atoms in total. The Bertz CT molecular complexity index is 641. The van der Waals surface area contributed by atoms with Crippen LogP contribution in [-0.4, -0.2) is 17.1 Å². The number of amides is 1. The van der Waals surface area contributed by atoms with Crippen molar-refractivity contribution in [3.8, 4) is 0 Å². The van der Waals surface area contributed by atoms with Crippen molar-refractivity contribution in [3.63, 3.8) is 0 Å². The van der Waals surface area contributed by atoms with E-state index in [-0.39, 0.29) is 12.0 Å². The molecule has 1 heterocycles. The summed E-state index contributed by atoms with van der Waals surface area (Å²) in [5, 5.41) is 2.35. The van der Waals surface area contributed by atoms with Gasteiger partial charge in [-0.2, -0.15) is 13.2 Å². The van der Waals surface area contributed by atoms with E-state index in [1.165, 1.54) is 24.5 Å². The maximum atomic E-state index is 12.9. The van der Waals surface area contributed by atoms with Gasteiger partial charge in [-0.15, -0.1) is 0 Å². The van der Waals surface area contributed by atoms with Crippen LogP contribution in [0.3, 0.4) is 0 Å². The van der Waals surface area contributed by atoms with Crippen LogP contribution in [0.1, 0.15) is 23.6 Å². The Kier molecular flexibility index (Phi) is 5.31. The van der Waals surface area contributed by atoms with Gasteiger partial charge in [0.15, 0.2) is 0 Å². The number of rotatable bonds is 5. The largest absolute Gasteiger partial charge is 0.391 e. The van der Waals surface area contributed by atoms with Crippen molar-refractivity contribution < 1.29 is 22.4 Å². The van der Waals surface area contributed by atoms with Gasteiger partial charge in [0.05, 0.1) is 18.9 Å². The minimum atomic E-state index is -4.46. The van der Waals surface area contributed by atoms with Gasteiger partial charge < -0.3 is 5.32 Å². The number of hydrogen-bond acceptors (Lipinski definition) is 2. The Morgan fingerprint density at radius 2 is 1.87 bits per heavy atom. The molecule has 1 aromatic heterocycles. The van der Waals surface area contributed by atoms with Gasteiger partial charge in [-0.3, -0.25) is 9.78 Å². The van der Waals surface area contributed by atoms with E-state index < -0.39 is 30.4 Å². The predicted octanol–water partition coefficient (Wildman–Crippen LogP) is 3.57. The quantitative estimate of drug-likeness (QED) is 0.854. The van der Waals surface area contributed by atoms with Crippen LogP contribution in [0.25, 0.3) is 0 Å². The lowest BCUT2D eigenvalue weighted by Gasteiger charge is -2.21. The normalized spacial score (nSPS) is 12.7. The van der Waals surface area contributed by atoms with Crippen LogP contribution in [-0.2, 0) is 11.2 Å². The first-order chi connectivity index (χ1) is 10.8. The second-order valence-electron chi connectivity index (χ2n) is 5.03. The highest BCUT2D eigenvalue weighted by molar-refractivity contribution is 5.78. The van der Waals surface area contributed by atoms with Crippen molar-refractivity contribution in [2.24, 2.45) is 0 Å². The molecule has 0 saturated heterocycles. The van der Waals surface area contributed by atoms with Crippen LogP contribution in [0.4, 0.5) is 17.6 Å². The molecule has 7 heteroatoms. The number of benzene rings is 1. The molecular formula is C16H14F4N2O. The van der Waals surface area contributed by atoms with Gasteiger partial charge in [0.25, 0.3) is 0 Å². The average molecular weight is 326 g/mol. The van der Waals surface area contributed by atoms with Gasteiger partial charge in [0.2, 0.25) is 5.91 Å². The summed E-state index contributed by atoms with van der Waals surface area (Å²) in [6.45, 7) is 0. The van der Waals surface area contributed by atoms with E-state index in [0.717, 1.165) is 12.1 Å². The molecule has 2 aromatic rings. The third kappa shape index (κ3) is 5.69. The molecule has 122 valence electrons. The second kappa shape index (κ2) is 7.21. The highest BCUT2D eigenvalue weighted by atomic mass is 19.4. The second-order valence-corrected chi connectivity index (χ2v) is 5.03. The number of pyridine rings is 1. The van der Waals surface area contributed by atoms with Crippen molar-refractivity contribution >= 4 is 5.91 Å². The van der Waals surface area contributed by atoms with E-state index >= 15 is 0 Å². The molecule has 23 heavy (non-hydrogen) atoms. The summed E-state index contributed by atoms with van der Waals surface area (Å²) in [5.74, 6) is -1.11. The Morgan fingerprint density at radius 1 is 1.17 bits per heavy atom. The van der Waals surface area contributed by atoms with E-state index in [1.54, 1.807) is 12.1 Å². The summed E-state index contributed by atoms with van der Waals surface area (Å²) in [7, 11) is 0. The molecule has 0 radical (unpaired) electrons. The van der Waals surface area contributed by atoms with Crippen molar-refractivity contribution in [2.45, 2.75) is 25.1 Å². The SMILES string of the molecule is O=C(Cc1cccnc1)N[C@H](CC(F)(F)F)c1ccc(F)cc1. The smallest absolute Gasteiger partial charge is 0.349 e. The standard InChI is InChI=1S/C16H14F4N2O/c17-13-5-3-12(4-6-13)14(9-16(18,19)20)22-15(23)8-11-2-1-7-21-10-11/h1-7,10,14H,8-9H2,(H,22,23)/t14-/m1/s1. The van der Waals surface area contributed by atoms with Crippen LogP contribution >= 0.6 is 0 Å². The zero-order chi connectivity index (χ0) is 16.9. The lowest BCUT2D eigenvalue weighted by atomic mass is 10.0. The van der Waals surface area contributed by atoms with Crippen LogP contribution in [0.2, 0.25) is 0 Å². The van der Waals surface area contributed by atoms with Crippen LogP contribution in [0.15, 0.2) is 48.8 Å². The highest BCUT2D eigenvalue weighted by Gasteiger charge is 2.33. The molecule has 0 spiro atoms. The number of halogens is 4. The average Bonchev–Trinajstić information content (AvgIpc) is 2.47. The first-order valence-electron chi connectivity index (χ1n) is 6.84. The summed E-state index contributed by atoms with van der Waals surface area (Å²) >= 11 is 0. The van der Waals surface area contributed by atoms with Crippen LogP contribution < -0.4 is 5.32 Å². The van der Waals surface area contributed by atoms with E-state index in [9.17, 15) is 22.4 Å². The van der Waals surface area contributed by atoms with E-state index in [0.29, 0.717) is 5.56 Å². The third-order valence-corrected chi connectivity index (χ3v) is 3.13. The maximum absolute atomic E-state index is 12.9. The molecule has 1 atom stereocenters. The van der Waals surface area contributed by atoms with E-state index in [1.807, 2.05) is 0 Å². The van der Waals surface area contributed by atoms with E-state index in [2.05, 4.69) is 10.3 Å². The number of carbonyl (C=O) groups excluding carboxylic acids is 1. The predicted molar refractivity (Wildman–Crippen MR) is 75.9 cm³/mol. The van der Waals surface area contributed by atoms with E-state index in [4.69, 9.17) is 0 Å². The fraction of sp³-hybridized carbons (Fsp3) is 0.250. The molecule has 0 aliphatic carbocycles. The van der Waals surface area contributed by atoms with Gasteiger partial charge in [-0.05, 0) is 29.3 Å². The van der Waals surface area contributed by atoms with Crippen molar-refractivity contribution in [1.29, 1.82) is 0 Å². The van der Waals surface area contributed by atoms with Gasteiger partial charge in [0, 0.05) is 12.4 Å². The highest BCUT2D eigenvalue weighted by Crippen LogP contribution is 2.29. The number of carbonyl (C=O) groups is 1. The molecule has 0 aliphatic rings. The monoisotopic (exact) mass is 326 g/mol. The Hall–Kier alpha value is -2.44. The van der Waals surface area contributed by atoms with Gasteiger partial charge in [-0.1, -0.05) is 18.2 Å². The maximum Gasteiger partial charge on any atom is 0.391 e. The van der Waals surface area contributed by atoms with Crippen molar-refractivity contribution in [3.05, 3.63) is 65.7 Å². The minimum Gasteiger partial charge on any atom is -0.349 e. The van der Waals surface area contributed by atoms with Gasteiger partial charge in [-0.25, -0.2) is 4.39 Å². The number of aromatic nitrogens is 1. The zero-order valence-corrected chi connectivity index (χ0v) is 12.0. The minimum absolute atomic E-state index is 0.0800. The molecule has 1 aromatic carbocycles. The van der Waals surface area contributed by atoms with Crippen LogP contribution in [0, 0.1) is 5.82 Å². The first-order valence-corrected chi connectivity index (χ1v) is 6.84. The van der Waals surface area contributed by atoms with Crippen molar-refractivity contribution in [1.82, 2.24) is 10.3 Å². The summed E-state index contributed by atoms with van der Waals surface area (Å²) in [4.78, 5) is 15.8.